The van der Waals surface area contributed by atoms with Gasteiger partial charge in [0.05, 0.1) is 16.7 Å². The number of nitrogen functional groups attached to an aromatic ring is 1. The van der Waals surface area contributed by atoms with Crippen LogP contribution in [0.5, 0.6) is 0 Å². The topological polar surface area (TPSA) is 133 Å². The molecule has 3 aromatic rings. The van der Waals surface area contributed by atoms with Gasteiger partial charge in [-0.05, 0) is 37.8 Å². The first-order valence-electron chi connectivity index (χ1n) is 9.77. The Bertz CT molecular complexity index is 1360. The maximum atomic E-state index is 12.9. The van der Waals surface area contributed by atoms with Crippen molar-refractivity contribution < 1.29 is 4.79 Å². The average Bonchev–Trinajstić information content (AvgIpc) is 3.60. The van der Waals surface area contributed by atoms with E-state index < -0.39 is 17.0 Å². The van der Waals surface area contributed by atoms with Crippen LogP contribution in [0.1, 0.15) is 48.1 Å². The number of carbonyl (C=O) groups is 1. The minimum atomic E-state index is -0.786. The molecule has 10 heteroatoms. The summed E-state index contributed by atoms with van der Waals surface area (Å²) in [6, 6.07) is 7.10. The third-order valence-electron chi connectivity index (χ3n) is 5.39. The van der Waals surface area contributed by atoms with E-state index in [1.807, 2.05) is 0 Å². The van der Waals surface area contributed by atoms with Gasteiger partial charge in [0.15, 0.2) is 10.9 Å². The molecule has 0 amide bonds. The molecule has 0 bridgehead atoms. The highest BCUT2D eigenvalue weighted by Gasteiger charge is 2.31. The van der Waals surface area contributed by atoms with E-state index in [1.165, 1.54) is 4.57 Å². The molecule has 2 fully saturated rings. The van der Waals surface area contributed by atoms with Gasteiger partial charge in [0, 0.05) is 12.1 Å². The summed E-state index contributed by atoms with van der Waals surface area (Å²) in [5, 5.41) is 0.984. The van der Waals surface area contributed by atoms with Gasteiger partial charge in [0.2, 0.25) is 0 Å². The normalized spacial score (nSPS) is 16.1. The third kappa shape index (κ3) is 3.17. The Morgan fingerprint density at radius 1 is 1.10 bits per heavy atom. The lowest BCUT2D eigenvalue weighted by molar-refractivity contribution is 0.102. The van der Waals surface area contributed by atoms with Crippen molar-refractivity contribution in [2.24, 2.45) is 0 Å². The van der Waals surface area contributed by atoms with Crippen LogP contribution in [0.4, 0.5) is 5.82 Å². The highest BCUT2D eigenvalue weighted by Crippen LogP contribution is 2.37. The number of fused-ring (bicyclic) bond motifs is 1. The Labute approximate surface area is 173 Å². The second-order valence-corrected chi connectivity index (χ2v) is 8.59. The van der Waals surface area contributed by atoms with Gasteiger partial charge in [-0.3, -0.25) is 28.5 Å². The quantitative estimate of drug-likeness (QED) is 0.347. The van der Waals surface area contributed by atoms with E-state index in [0.717, 1.165) is 37.4 Å². The van der Waals surface area contributed by atoms with Crippen molar-refractivity contribution in [1.29, 1.82) is 0 Å². The number of anilines is 1. The number of thioether (sulfide) groups is 1. The summed E-state index contributed by atoms with van der Waals surface area (Å²) in [6.45, 7) is 0. The van der Waals surface area contributed by atoms with Gasteiger partial charge in [-0.15, -0.1) is 0 Å². The smallest absolute Gasteiger partial charge is 0.330 e. The van der Waals surface area contributed by atoms with Crippen molar-refractivity contribution in [3.8, 4) is 0 Å². The zero-order valence-electron chi connectivity index (χ0n) is 16.0. The van der Waals surface area contributed by atoms with Crippen LogP contribution in [-0.4, -0.2) is 30.6 Å². The number of carbonyl (C=O) groups excluding carboxylic acids is 1. The number of ketones is 1. The van der Waals surface area contributed by atoms with Gasteiger partial charge in [0.1, 0.15) is 11.4 Å². The number of H-pyrrole nitrogens is 1. The Balaban J connectivity index is 1.50. The summed E-state index contributed by atoms with van der Waals surface area (Å²) in [6.07, 6.45) is 3.35. The highest BCUT2D eigenvalue weighted by molar-refractivity contribution is 7.99. The Morgan fingerprint density at radius 2 is 1.77 bits per heavy atom. The molecule has 5 rings (SSSR count). The van der Waals surface area contributed by atoms with Crippen molar-refractivity contribution in [2.45, 2.75) is 42.9 Å². The van der Waals surface area contributed by atoms with Crippen LogP contribution in [0.15, 0.2) is 43.8 Å². The van der Waals surface area contributed by atoms with E-state index >= 15 is 0 Å². The molecule has 0 saturated heterocycles. The molecule has 0 unspecified atom stereocenters. The summed E-state index contributed by atoms with van der Waals surface area (Å²) in [5.41, 5.74) is 4.87. The van der Waals surface area contributed by atoms with Gasteiger partial charge < -0.3 is 5.73 Å². The molecule has 3 N–H and O–H groups in total. The summed E-state index contributed by atoms with van der Waals surface area (Å²) in [4.78, 5) is 56.9. The van der Waals surface area contributed by atoms with Gasteiger partial charge in [-0.1, -0.05) is 23.9 Å². The van der Waals surface area contributed by atoms with Crippen LogP contribution in [0.25, 0.3) is 10.9 Å². The molecule has 2 aliphatic carbocycles. The SMILES string of the molecule is Nc1c(C(=O)CSc2nc3ccccc3c(=O)n2C2CC2)c(=O)[nH]c(=O)n1C1CC1. The Kier molecular flexibility index (Phi) is 4.39. The number of benzene rings is 1. The Hall–Kier alpha value is -3.14. The second-order valence-electron chi connectivity index (χ2n) is 7.65. The number of hydrogen-bond acceptors (Lipinski definition) is 7. The molecule has 30 heavy (non-hydrogen) atoms. The van der Waals surface area contributed by atoms with E-state index in [2.05, 4.69) is 9.97 Å². The van der Waals surface area contributed by atoms with Crippen LogP contribution >= 0.6 is 11.8 Å². The summed E-state index contributed by atoms with van der Waals surface area (Å²) in [7, 11) is 0. The number of aromatic amines is 1. The van der Waals surface area contributed by atoms with Crippen molar-refractivity contribution in [1.82, 2.24) is 19.1 Å². The van der Waals surface area contributed by atoms with Crippen molar-refractivity contribution in [2.75, 3.05) is 11.5 Å². The molecule has 1 aromatic carbocycles. The largest absolute Gasteiger partial charge is 0.384 e. The van der Waals surface area contributed by atoms with Crippen molar-refractivity contribution in [3.63, 3.8) is 0 Å². The molecular weight excluding hydrogens is 406 g/mol. The molecule has 2 saturated carbocycles. The molecule has 0 spiro atoms. The number of nitrogens with one attached hydrogen (secondary N) is 1. The standard InChI is InChI=1S/C20H19N5O4S/c21-16-15(17(27)23-19(29)24(16)10-5-6-10)14(26)9-30-20-22-13-4-2-1-3-12(13)18(28)25(20)11-7-8-11/h1-4,10-11H,5-9,21H2,(H,23,27,29). The molecule has 2 aliphatic rings. The van der Waals surface area contributed by atoms with Gasteiger partial charge in [0.25, 0.3) is 11.1 Å². The number of aromatic nitrogens is 4. The summed E-state index contributed by atoms with van der Waals surface area (Å²) < 4.78 is 2.92. The van der Waals surface area contributed by atoms with Crippen LogP contribution in [-0.2, 0) is 0 Å². The van der Waals surface area contributed by atoms with E-state index in [-0.39, 0.29) is 34.8 Å². The van der Waals surface area contributed by atoms with Crippen molar-refractivity contribution in [3.05, 3.63) is 61.0 Å². The van der Waals surface area contributed by atoms with E-state index in [1.54, 1.807) is 28.8 Å². The predicted octanol–water partition coefficient (Wildman–Crippen LogP) is 1.47. The van der Waals surface area contributed by atoms with Gasteiger partial charge in [-0.25, -0.2) is 9.78 Å². The molecule has 2 heterocycles. The van der Waals surface area contributed by atoms with Crippen molar-refractivity contribution >= 4 is 34.3 Å². The number of para-hydroxylation sites is 1. The molecule has 0 atom stereocenters. The molecule has 0 radical (unpaired) electrons. The lowest BCUT2D eigenvalue weighted by atomic mass is 10.2. The number of nitrogens with two attached hydrogens (primary N) is 1. The first kappa shape index (κ1) is 18.9. The predicted molar refractivity (Wildman–Crippen MR) is 113 cm³/mol. The van der Waals surface area contributed by atoms with Crippen LogP contribution in [0, 0.1) is 0 Å². The van der Waals surface area contributed by atoms with Crippen LogP contribution < -0.4 is 22.5 Å². The lowest BCUT2D eigenvalue weighted by Gasteiger charge is -2.13. The zero-order chi connectivity index (χ0) is 21.0. The first-order valence-corrected chi connectivity index (χ1v) is 10.8. The molecule has 9 nitrogen and oxygen atoms in total. The minimum absolute atomic E-state index is 0.0734. The minimum Gasteiger partial charge on any atom is -0.384 e. The van der Waals surface area contributed by atoms with Gasteiger partial charge in [-0.2, -0.15) is 0 Å². The molecule has 154 valence electrons. The fraction of sp³-hybridized carbons (Fsp3) is 0.350. The molecular formula is C20H19N5O4S. The fourth-order valence-electron chi connectivity index (χ4n) is 3.62. The van der Waals surface area contributed by atoms with E-state index in [4.69, 9.17) is 5.73 Å². The van der Waals surface area contributed by atoms with Crippen LogP contribution in [0.3, 0.4) is 0 Å². The maximum absolute atomic E-state index is 12.9. The monoisotopic (exact) mass is 425 g/mol. The van der Waals surface area contributed by atoms with E-state index in [9.17, 15) is 19.2 Å². The average molecular weight is 425 g/mol. The number of hydrogen-bond donors (Lipinski definition) is 2. The fourth-order valence-corrected chi connectivity index (χ4v) is 4.55. The summed E-state index contributed by atoms with van der Waals surface area (Å²) in [5.74, 6) is -0.714. The number of rotatable bonds is 6. The lowest BCUT2D eigenvalue weighted by Crippen LogP contribution is -2.36. The molecule has 0 aliphatic heterocycles. The number of nitrogens with zero attached hydrogens (tertiary/aromatic N) is 3. The number of Topliss-reactive ketones (excluding diaryl/α,β-unsaturated/α-hetero) is 1. The first-order chi connectivity index (χ1) is 14.5. The van der Waals surface area contributed by atoms with E-state index in [0.29, 0.717) is 16.1 Å². The molecule has 2 aromatic heterocycles. The maximum Gasteiger partial charge on any atom is 0.330 e. The Morgan fingerprint density at radius 3 is 2.47 bits per heavy atom. The second kappa shape index (κ2) is 6.98. The van der Waals surface area contributed by atoms with Crippen LogP contribution in [0.2, 0.25) is 0 Å². The third-order valence-corrected chi connectivity index (χ3v) is 6.35. The summed E-state index contributed by atoms with van der Waals surface area (Å²) >= 11 is 1.11. The highest BCUT2D eigenvalue weighted by atomic mass is 32.2. The zero-order valence-corrected chi connectivity index (χ0v) is 16.8. The van der Waals surface area contributed by atoms with Gasteiger partial charge >= 0.3 is 5.69 Å².